The van der Waals surface area contributed by atoms with Crippen molar-refractivity contribution in [3.8, 4) is 0 Å². The Kier molecular flexibility index (Phi) is 6.47. The second-order valence-electron chi connectivity index (χ2n) is 7.78. The fourth-order valence-electron chi connectivity index (χ4n) is 3.65. The minimum Gasteiger partial charge on any atom is -0.350 e. The van der Waals surface area contributed by atoms with Gasteiger partial charge in [-0.1, -0.05) is 61.7 Å². The van der Waals surface area contributed by atoms with Crippen LogP contribution >= 0.6 is 0 Å². The zero-order valence-electron chi connectivity index (χ0n) is 16.4. The maximum Gasteiger partial charge on any atom is 0.244 e. The Morgan fingerprint density at radius 3 is 2.46 bits per heavy atom. The molecule has 0 aliphatic heterocycles. The summed E-state index contributed by atoms with van der Waals surface area (Å²) in [5.74, 6) is -0.0317. The molecule has 148 valence electrons. The van der Waals surface area contributed by atoms with Crippen molar-refractivity contribution in [2.45, 2.75) is 51.1 Å². The molecule has 28 heavy (non-hydrogen) atoms. The van der Waals surface area contributed by atoms with Gasteiger partial charge in [0.25, 0.3) is 0 Å². The Labute approximate surface area is 166 Å². The lowest BCUT2D eigenvalue weighted by Gasteiger charge is -2.24. The third-order valence-electron chi connectivity index (χ3n) is 5.47. The molecule has 1 aliphatic carbocycles. The van der Waals surface area contributed by atoms with E-state index >= 15 is 0 Å². The molecule has 2 aromatic rings. The highest BCUT2D eigenvalue weighted by Gasteiger charge is 2.30. The average molecular weight is 380 g/mol. The quantitative estimate of drug-likeness (QED) is 0.715. The predicted octanol–water partition coefficient (Wildman–Crippen LogP) is 3.70. The fraction of sp³-hybridized carbons (Fsp3) is 0.391. The van der Waals surface area contributed by atoms with Crippen LogP contribution < -0.4 is 16.4 Å². The first kappa shape index (κ1) is 20.1. The smallest absolute Gasteiger partial charge is 0.244 e. The second-order valence-corrected chi connectivity index (χ2v) is 7.78. The molecule has 3 rings (SSSR count). The van der Waals surface area contributed by atoms with E-state index in [1.165, 1.54) is 6.42 Å². The van der Waals surface area contributed by atoms with Gasteiger partial charge in [-0.3, -0.25) is 9.59 Å². The number of carbonyl (C=O) groups is 2. The third-order valence-corrected chi connectivity index (χ3v) is 5.47. The lowest BCUT2D eigenvalue weighted by atomic mass is 9.88. The summed E-state index contributed by atoms with van der Waals surface area (Å²) in [6, 6.07) is 16.9. The van der Waals surface area contributed by atoms with Crippen LogP contribution in [0.5, 0.6) is 0 Å². The zero-order valence-corrected chi connectivity index (χ0v) is 16.4. The zero-order chi connectivity index (χ0) is 20.0. The number of benzene rings is 2. The van der Waals surface area contributed by atoms with Crippen LogP contribution in [0.25, 0.3) is 0 Å². The van der Waals surface area contributed by atoms with Gasteiger partial charge in [0.05, 0.1) is 0 Å². The maximum absolute atomic E-state index is 12.6. The van der Waals surface area contributed by atoms with E-state index in [2.05, 4.69) is 10.6 Å². The van der Waals surface area contributed by atoms with E-state index in [0.29, 0.717) is 6.54 Å². The van der Waals surface area contributed by atoms with E-state index in [9.17, 15) is 9.59 Å². The van der Waals surface area contributed by atoms with Crippen LogP contribution in [0.4, 0.5) is 5.69 Å². The second kappa shape index (κ2) is 9.02. The van der Waals surface area contributed by atoms with Gasteiger partial charge in [-0.15, -0.1) is 0 Å². The van der Waals surface area contributed by atoms with Crippen molar-refractivity contribution < 1.29 is 9.59 Å². The van der Waals surface area contributed by atoms with Gasteiger partial charge in [-0.2, -0.15) is 0 Å². The minimum absolute atomic E-state index is 0.0968. The molecular weight excluding hydrogens is 350 g/mol. The summed E-state index contributed by atoms with van der Waals surface area (Å²) in [7, 11) is 0. The van der Waals surface area contributed by atoms with Gasteiger partial charge in [0.2, 0.25) is 11.8 Å². The molecule has 1 aliphatic rings. The molecule has 1 unspecified atom stereocenters. The van der Waals surface area contributed by atoms with Crippen molar-refractivity contribution in [3.63, 3.8) is 0 Å². The van der Waals surface area contributed by atoms with Gasteiger partial charge < -0.3 is 16.4 Å². The molecule has 4 N–H and O–H groups in total. The molecule has 0 spiro atoms. The van der Waals surface area contributed by atoms with E-state index in [0.717, 1.165) is 42.5 Å². The summed E-state index contributed by atoms with van der Waals surface area (Å²) >= 11 is 0. The van der Waals surface area contributed by atoms with Crippen LogP contribution in [-0.4, -0.2) is 11.8 Å². The van der Waals surface area contributed by atoms with Gasteiger partial charge in [0.1, 0.15) is 5.54 Å². The van der Waals surface area contributed by atoms with Crippen LogP contribution in [0, 0.1) is 5.92 Å². The van der Waals surface area contributed by atoms with Gasteiger partial charge >= 0.3 is 0 Å². The molecule has 0 radical (unpaired) electrons. The fourth-order valence-corrected chi connectivity index (χ4v) is 3.65. The van der Waals surface area contributed by atoms with Crippen LogP contribution in [0.15, 0.2) is 54.6 Å². The Bertz CT molecular complexity index is 812. The number of rotatable bonds is 6. The van der Waals surface area contributed by atoms with Gasteiger partial charge in [0.15, 0.2) is 0 Å². The topological polar surface area (TPSA) is 84.2 Å². The highest BCUT2D eigenvalue weighted by Crippen LogP contribution is 2.25. The molecule has 5 heteroatoms. The van der Waals surface area contributed by atoms with Gasteiger partial charge in [-0.25, -0.2) is 0 Å². The third kappa shape index (κ3) is 4.98. The summed E-state index contributed by atoms with van der Waals surface area (Å²) in [6.45, 7) is 2.06. The first-order chi connectivity index (χ1) is 13.5. The summed E-state index contributed by atoms with van der Waals surface area (Å²) in [4.78, 5) is 25.0. The predicted molar refractivity (Wildman–Crippen MR) is 111 cm³/mol. The van der Waals surface area contributed by atoms with Crippen molar-refractivity contribution in [1.82, 2.24) is 5.32 Å². The Morgan fingerprint density at radius 2 is 1.75 bits per heavy atom. The van der Waals surface area contributed by atoms with Crippen LogP contribution in [0.1, 0.15) is 50.2 Å². The number of hydrogen-bond donors (Lipinski definition) is 3. The highest BCUT2D eigenvalue weighted by atomic mass is 16.2. The maximum atomic E-state index is 12.6. The van der Waals surface area contributed by atoms with E-state index < -0.39 is 5.54 Å². The largest absolute Gasteiger partial charge is 0.350 e. The number of hydrogen-bond acceptors (Lipinski definition) is 3. The Balaban J connectivity index is 1.58. The van der Waals surface area contributed by atoms with E-state index in [4.69, 9.17) is 5.73 Å². The Hall–Kier alpha value is -2.66. The van der Waals surface area contributed by atoms with Crippen LogP contribution in [0.2, 0.25) is 0 Å². The molecule has 0 bridgehead atoms. The lowest BCUT2D eigenvalue weighted by Crippen LogP contribution is -2.48. The molecule has 0 aromatic heterocycles. The number of nitrogens with two attached hydrogens (primary N) is 1. The molecule has 5 nitrogen and oxygen atoms in total. The highest BCUT2D eigenvalue weighted by molar-refractivity contribution is 5.92. The summed E-state index contributed by atoms with van der Waals surface area (Å²) in [5, 5.41) is 5.92. The van der Waals surface area contributed by atoms with Crippen molar-refractivity contribution in [1.29, 1.82) is 0 Å². The molecule has 1 atom stereocenters. The van der Waals surface area contributed by atoms with Crippen molar-refractivity contribution in [2.24, 2.45) is 11.7 Å². The van der Waals surface area contributed by atoms with E-state index in [1.807, 2.05) is 54.6 Å². The normalized spacial score (nSPS) is 16.8. The van der Waals surface area contributed by atoms with E-state index in [-0.39, 0.29) is 17.7 Å². The van der Waals surface area contributed by atoms with E-state index in [1.54, 1.807) is 6.92 Å². The first-order valence-corrected chi connectivity index (χ1v) is 9.99. The van der Waals surface area contributed by atoms with Gasteiger partial charge in [0, 0.05) is 18.2 Å². The molecular formula is C23H29N3O2. The lowest BCUT2D eigenvalue weighted by molar-refractivity contribution is -0.126. The summed E-state index contributed by atoms with van der Waals surface area (Å²) < 4.78 is 0. The molecule has 1 saturated carbocycles. The van der Waals surface area contributed by atoms with Crippen molar-refractivity contribution >= 4 is 17.5 Å². The number of anilines is 1. The number of amides is 2. The molecule has 2 amide bonds. The van der Waals surface area contributed by atoms with Crippen molar-refractivity contribution in [2.75, 3.05) is 5.32 Å². The number of nitrogens with one attached hydrogen (secondary N) is 2. The van der Waals surface area contributed by atoms with Crippen molar-refractivity contribution in [3.05, 3.63) is 65.7 Å². The minimum atomic E-state index is -1.10. The van der Waals surface area contributed by atoms with Crippen LogP contribution in [-0.2, 0) is 21.7 Å². The monoisotopic (exact) mass is 379 g/mol. The molecule has 1 fully saturated rings. The first-order valence-electron chi connectivity index (χ1n) is 9.99. The van der Waals surface area contributed by atoms with Crippen LogP contribution in [0.3, 0.4) is 0 Å². The van der Waals surface area contributed by atoms with Gasteiger partial charge in [-0.05, 0) is 43.0 Å². The summed E-state index contributed by atoms with van der Waals surface area (Å²) in [5.41, 5.74) is 7.60. The molecule has 0 saturated heterocycles. The standard InChI is InChI=1S/C23H29N3O2/c1-23(24,19-12-6-3-7-13-19)22(28)25-16-17-9-8-14-20(15-17)26-21(27)18-10-4-2-5-11-18/h3,6-9,12-15,18H,2,4-5,10-11,16,24H2,1H3,(H,25,28)(H,26,27). The summed E-state index contributed by atoms with van der Waals surface area (Å²) in [6.07, 6.45) is 5.42. The average Bonchev–Trinajstić information content (AvgIpc) is 2.73. The Morgan fingerprint density at radius 1 is 1.04 bits per heavy atom. The SMILES string of the molecule is CC(N)(C(=O)NCc1cccc(NC(=O)C2CCCCC2)c1)c1ccccc1. The number of carbonyl (C=O) groups excluding carboxylic acids is 2. The molecule has 2 aromatic carbocycles. The molecule has 0 heterocycles.